The first-order valence-electron chi connectivity index (χ1n) is 10.9. The van der Waals surface area contributed by atoms with Crippen LogP contribution in [0.25, 0.3) is 11.2 Å². The molecule has 1 aliphatic carbocycles. The fourth-order valence-corrected chi connectivity index (χ4v) is 5.65. The third-order valence-corrected chi connectivity index (χ3v) is 8.35. The number of aliphatic carboxylic acids is 1. The van der Waals surface area contributed by atoms with Gasteiger partial charge < -0.3 is 24.7 Å². The van der Waals surface area contributed by atoms with Crippen LogP contribution in [0.15, 0.2) is 24.5 Å². The zero-order valence-corrected chi connectivity index (χ0v) is 21.3. The molecule has 1 aliphatic rings. The highest BCUT2D eigenvalue weighted by molar-refractivity contribution is 7.51. The van der Waals surface area contributed by atoms with Crippen LogP contribution in [0.3, 0.4) is 0 Å². The van der Waals surface area contributed by atoms with Gasteiger partial charge in [0.2, 0.25) is 11.8 Å². The second-order valence-electron chi connectivity index (χ2n) is 8.42. The summed E-state index contributed by atoms with van der Waals surface area (Å²) in [7, 11) is -1.51. The van der Waals surface area contributed by atoms with Gasteiger partial charge in [0.25, 0.3) is 0 Å². The second-order valence-corrected chi connectivity index (χ2v) is 10.9. The summed E-state index contributed by atoms with van der Waals surface area (Å²) in [6, 6.07) is 2.37. The fraction of sp³-hybridized carbons (Fsp3) is 0.429. The van der Waals surface area contributed by atoms with E-state index in [1.807, 2.05) is 4.57 Å². The van der Waals surface area contributed by atoms with E-state index in [4.69, 9.17) is 31.1 Å². The number of methoxy groups -OCH3 is 1. The minimum absolute atomic E-state index is 0.00720. The number of likely N-dealkylation sites (N-methyl/N-ethyl adjacent to an activating group) is 1. The van der Waals surface area contributed by atoms with Gasteiger partial charge in [0.1, 0.15) is 6.04 Å². The van der Waals surface area contributed by atoms with Crippen molar-refractivity contribution in [2.75, 3.05) is 26.5 Å². The van der Waals surface area contributed by atoms with Gasteiger partial charge in [-0.3, -0.25) is 9.32 Å². The zero-order valence-electron chi connectivity index (χ0n) is 19.7. The van der Waals surface area contributed by atoms with Crippen molar-refractivity contribution in [2.24, 2.45) is 5.92 Å². The minimum Gasteiger partial charge on any atom is -0.480 e. The van der Waals surface area contributed by atoms with E-state index in [9.17, 15) is 18.9 Å². The number of carboxylic acids is 1. The molecule has 0 aliphatic heterocycles. The molecular weight excluding hydrogens is 518 g/mol. The van der Waals surface area contributed by atoms with Crippen LogP contribution < -0.4 is 15.0 Å². The van der Waals surface area contributed by atoms with Crippen molar-refractivity contribution in [1.82, 2.24) is 24.2 Å². The average Bonchev–Trinajstić information content (AvgIpc) is 3.21. The fourth-order valence-electron chi connectivity index (χ4n) is 3.81. The van der Waals surface area contributed by atoms with Gasteiger partial charge in [0, 0.05) is 11.1 Å². The summed E-state index contributed by atoms with van der Waals surface area (Å²) in [5.41, 5.74) is 6.80. The van der Waals surface area contributed by atoms with E-state index in [0.717, 1.165) is 10.7 Å². The van der Waals surface area contributed by atoms with E-state index >= 15 is 0 Å². The van der Waals surface area contributed by atoms with E-state index in [2.05, 4.69) is 15.0 Å². The Bertz CT molecular complexity index is 1340. The van der Waals surface area contributed by atoms with Crippen LogP contribution in [0, 0.1) is 11.7 Å². The number of rotatable bonds is 10. The molecular formula is C21H25ClFN6O6P. The van der Waals surface area contributed by atoms with Crippen LogP contribution in [0.5, 0.6) is 11.6 Å². The average molecular weight is 543 g/mol. The number of nitrogens with two attached hydrogens (primary N) is 1. The first-order chi connectivity index (χ1) is 17.0. The molecule has 3 N–H and O–H groups in total. The van der Waals surface area contributed by atoms with E-state index in [1.54, 1.807) is 6.33 Å². The molecule has 2 aromatic heterocycles. The monoisotopic (exact) mass is 542 g/mol. The molecule has 0 radical (unpaired) electrons. The third kappa shape index (κ3) is 5.10. The van der Waals surface area contributed by atoms with Crippen molar-refractivity contribution in [3.05, 3.63) is 35.4 Å². The first-order valence-corrected chi connectivity index (χ1v) is 12.8. The van der Waals surface area contributed by atoms with E-state index in [0.29, 0.717) is 24.0 Å². The Morgan fingerprint density at radius 1 is 1.42 bits per heavy atom. The number of carbonyl (C=O) groups is 1. The van der Waals surface area contributed by atoms with Crippen molar-refractivity contribution in [2.45, 2.75) is 31.8 Å². The molecule has 3 aromatic rings. The Balaban J connectivity index is 1.47. The molecule has 12 nitrogen and oxygen atoms in total. The van der Waals surface area contributed by atoms with Gasteiger partial charge in [-0.25, -0.2) is 13.9 Å². The lowest BCUT2D eigenvalue weighted by Crippen LogP contribution is -2.36. The molecule has 2 heterocycles. The van der Waals surface area contributed by atoms with Gasteiger partial charge in [0.15, 0.2) is 22.7 Å². The molecule has 0 amide bonds. The van der Waals surface area contributed by atoms with Crippen LogP contribution in [-0.2, 0) is 13.9 Å². The summed E-state index contributed by atoms with van der Waals surface area (Å²) in [5, 5.41) is 9.51. The van der Waals surface area contributed by atoms with Gasteiger partial charge in [0.05, 0.1) is 20.0 Å². The number of benzene rings is 1. The number of ether oxygens (including phenoxy) is 1. The summed E-state index contributed by atoms with van der Waals surface area (Å²) < 4.78 is 47.1. The summed E-state index contributed by atoms with van der Waals surface area (Å²) in [6.45, 7) is 1.32. The normalized spacial score (nSPS) is 20.1. The molecule has 2 atom stereocenters. The minimum atomic E-state index is -4.26. The smallest absolute Gasteiger partial charge is 0.462 e. The maximum Gasteiger partial charge on any atom is 0.462 e. The number of aromatic nitrogens is 4. The molecule has 194 valence electrons. The third-order valence-electron chi connectivity index (χ3n) is 6.09. The Morgan fingerprint density at radius 3 is 2.78 bits per heavy atom. The first kappa shape index (κ1) is 26.1. The SMILES string of the molecule is COc1nc(N)nc2c1ncn2[C@H]1C[C@@H](COP(=O)(Oc2ccc(Cl)cc2F)N(C)C(C)C(=O)O)C1. The van der Waals surface area contributed by atoms with E-state index in [1.165, 1.54) is 33.2 Å². The zero-order chi connectivity index (χ0) is 26.2. The molecule has 1 fully saturated rings. The van der Waals surface area contributed by atoms with Crippen molar-refractivity contribution in [3.63, 3.8) is 0 Å². The van der Waals surface area contributed by atoms with Crippen molar-refractivity contribution in [1.29, 1.82) is 0 Å². The van der Waals surface area contributed by atoms with Crippen molar-refractivity contribution < 1.29 is 32.6 Å². The standard InChI is InChI=1S/C21H25ClFN6O6P/c1-11(20(30)31)28(2)36(32,35-16-5-4-13(22)8-15(16)23)34-9-12-6-14(7-12)29-10-25-17-18(29)26-21(24)27-19(17)33-3/h4-5,8,10-12,14H,6-7,9H2,1-3H3,(H,30,31)(H2,24,26,27)/t11?,12-,14+,36?. The number of anilines is 1. The largest absolute Gasteiger partial charge is 0.480 e. The van der Waals surface area contributed by atoms with Crippen molar-refractivity contribution >= 4 is 42.4 Å². The van der Waals surface area contributed by atoms with Gasteiger partial charge >= 0.3 is 13.7 Å². The number of imidazole rings is 1. The topological polar surface area (TPSA) is 155 Å². The molecule has 36 heavy (non-hydrogen) atoms. The molecule has 4 rings (SSSR count). The lowest BCUT2D eigenvalue weighted by Gasteiger charge is -2.37. The molecule has 1 aromatic carbocycles. The van der Waals surface area contributed by atoms with Gasteiger partial charge in [-0.2, -0.15) is 14.6 Å². The van der Waals surface area contributed by atoms with Crippen LogP contribution in [-0.4, -0.2) is 62.1 Å². The highest BCUT2D eigenvalue weighted by atomic mass is 35.5. The summed E-state index contributed by atoms with van der Waals surface area (Å²) in [4.78, 5) is 24.1. The van der Waals surface area contributed by atoms with Crippen LogP contribution >= 0.6 is 19.3 Å². The molecule has 0 spiro atoms. The molecule has 15 heteroatoms. The Labute approximate surface area is 210 Å². The van der Waals surface area contributed by atoms with Gasteiger partial charge in [-0.05, 0) is 50.9 Å². The number of carboxylic acid groups (broad SMARTS) is 1. The Morgan fingerprint density at radius 2 is 2.14 bits per heavy atom. The molecule has 0 bridgehead atoms. The number of nitrogens with zero attached hydrogens (tertiary/aromatic N) is 5. The van der Waals surface area contributed by atoms with Crippen LogP contribution in [0.4, 0.5) is 10.3 Å². The summed E-state index contributed by atoms with van der Waals surface area (Å²) in [6.07, 6.45) is 2.89. The number of hydrogen-bond acceptors (Lipinski definition) is 9. The maximum atomic E-state index is 14.3. The van der Waals surface area contributed by atoms with Crippen LogP contribution in [0.1, 0.15) is 25.8 Å². The quantitative estimate of drug-likeness (QED) is 0.359. The number of nitrogen functional groups attached to an aromatic ring is 1. The summed E-state index contributed by atoms with van der Waals surface area (Å²) in [5.74, 6) is -2.16. The lowest BCUT2D eigenvalue weighted by atomic mass is 9.81. The number of fused-ring (bicyclic) bond motifs is 1. The van der Waals surface area contributed by atoms with E-state index in [-0.39, 0.29) is 41.2 Å². The van der Waals surface area contributed by atoms with Crippen LogP contribution in [0.2, 0.25) is 5.02 Å². The number of halogens is 2. The molecule has 2 unspecified atom stereocenters. The predicted molar refractivity (Wildman–Crippen MR) is 129 cm³/mol. The number of hydrogen-bond donors (Lipinski definition) is 2. The highest BCUT2D eigenvalue weighted by Gasteiger charge is 2.41. The Kier molecular flexibility index (Phi) is 7.37. The predicted octanol–water partition coefficient (Wildman–Crippen LogP) is 3.77. The Hall–Kier alpha value is -2.99. The van der Waals surface area contributed by atoms with E-state index < -0.39 is 25.6 Å². The van der Waals surface area contributed by atoms with Gasteiger partial charge in [-0.1, -0.05) is 11.6 Å². The molecule has 0 saturated heterocycles. The molecule has 1 saturated carbocycles. The summed E-state index contributed by atoms with van der Waals surface area (Å²) >= 11 is 5.78. The second kappa shape index (κ2) is 10.2. The highest BCUT2D eigenvalue weighted by Crippen LogP contribution is 2.54. The van der Waals surface area contributed by atoms with Crippen molar-refractivity contribution in [3.8, 4) is 11.6 Å². The van der Waals surface area contributed by atoms with Gasteiger partial charge in [-0.15, -0.1) is 0 Å². The lowest BCUT2D eigenvalue weighted by molar-refractivity contribution is -0.140. The maximum absolute atomic E-state index is 14.3.